The van der Waals surface area contributed by atoms with Gasteiger partial charge in [0.2, 0.25) is 5.88 Å². The maximum atomic E-state index is 14.3. The summed E-state index contributed by atoms with van der Waals surface area (Å²) in [5, 5.41) is 6.86. The molecule has 12 heteroatoms. The molecule has 0 aliphatic rings. The van der Waals surface area contributed by atoms with E-state index in [9.17, 15) is 22.4 Å². The fourth-order valence-corrected chi connectivity index (χ4v) is 4.97. The zero-order valence-electron chi connectivity index (χ0n) is 20.8. The van der Waals surface area contributed by atoms with Gasteiger partial charge in [-0.1, -0.05) is 23.4 Å². The van der Waals surface area contributed by atoms with Crippen LogP contribution in [0.4, 0.5) is 16.0 Å². The maximum absolute atomic E-state index is 14.3. The minimum absolute atomic E-state index is 0.0161. The number of halogens is 1. The van der Waals surface area contributed by atoms with E-state index < -0.39 is 27.3 Å². The number of amides is 1. The van der Waals surface area contributed by atoms with Crippen molar-refractivity contribution in [3.05, 3.63) is 111 Å². The van der Waals surface area contributed by atoms with E-state index in [1.165, 1.54) is 47.2 Å². The second-order valence-corrected chi connectivity index (χ2v) is 10.4. The predicted octanol–water partition coefficient (Wildman–Crippen LogP) is 4.24. The Balaban J connectivity index is 1.42. The molecule has 0 spiro atoms. The third kappa shape index (κ3) is 5.14. The quantitative estimate of drug-likeness (QED) is 0.311. The van der Waals surface area contributed by atoms with Crippen molar-refractivity contribution in [2.45, 2.75) is 25.3 Å². The van der Waals surface area contributed by atoms with Gasteiger partial charge in [0.05, 0.1) is 17.1 Å². The third-order valence-corrected chi connectivity index (χ3v) is 7.53. The molecule has 0 saturated heterocycles. The van der Waals surface area contributed by atoms with Crippen LogP contribution < -0.4 is 15.6 Å². The fraction of sp³-hybridized carbons (Fsp3) is 0.111. The number of fused-ring (bicyclic) bond motifs is 1. The van der Waals surface area contributed by atoms with Gasteiger partial charge in [-0.2, -0.15) is 0 Å². The van der Waals surface area contributed by atoms with Gasteiger partial charge in [0, 0.05) is 28.4 Å². The first-order valence-corrected chi connectivity index (χ1v) is 13.2. The number of nitrogens with one attached hydrogen (secondary N) is 2. The number of hydrogen-bond acceptors (Lipinski definition) is 7. The highest BCUT2D eigenvalue weighted by atomic mass is 32.2. The van der Waals surface area contributed by atoms with E-state index in [-0.39, 0.29) is 34.1 Å². The molecule has 0 bridgehead atoms. The molecule has 0 atom stereocenters. The largest absolute Gasteiger partial charge is 0.337 e. The van der Waals surface area contributed by atoms with Gasteiger partial charge in [0.15, 0.2) is 0 Å². The minimum atomic E-state index is -3.98. The molecule has 0 aliphatic carbocycles. The van der Waals surface area contributed by atoms with Crippen LogP contribution in [0, 0.1) is 19.7 Å². The molecule has 0 radical (unpaired) electrons. The standard InChI is InChI=1S/C27H22FN5O5S/c1-16-17(2)31-38-26(16)32-39(36,37)21-11-9-20(10-12-21)30-25(34)22-14-18-7-5-13-29-24(18)33(27(22)35)15-19-6-3-4-8-23(19)28/h3-14,32H,15H2,1-2H3,(H,30,34). The summed E-state index contributed by atoms with van der Waals surface area (Å²) in [5.41, 5.74) is 1.13. The van der Waals surface area contributed by atoms with Crippen LogP contribution in [-0.4, -0.2) is 29.0 Å². The van der Waals surface area contributed by atoms with E-state index in [2.05, 4.69) is 20.2 Å². The van der Waals surface area contributed by atoms with Gasteiger partial charge in [-0.05, 0) is 62.4 Å². The molecule has 2 aromatic carbocycles. The van der Waals surface area contributed by atoms with E-state index in [1.54, 1.807) is 44.2 Å². The first kappa shape index (κ1) is 25.8. The van der Waals surface area contributed by atoms with Crippen LogP contribution >= 0.6 is 0 Å². The second kappa shape index (κ2) is 10.1. The molecule has 0 fully saturated rings. The zero-order chi connectivity index (χ0) is 27.7. The maximum Gasteiger partial charge on any atom is 0.265 e. The van der Waals surface area contributed by atoms with Crippen molar-refractivity contribution < 1.29 is 22.1 Å². The molecule has 1 amide bonds. The van der Waals surface area contributed by atoms with Crippen LogP contribution in [-0.2, 0) is 16.6 Å². The van der Waals surface area contributed by atoms with Crippen LogP contribution in [0.1, 0.15) is 27.2 Å². The van der Waals surface area contributed by atoms with Crippen molar-refractivity contribution in [3.63, 3.8) is 0 Å². The molecule has 3 aromatic heterocycles. The molecule has 0 saturated carbocycles. The lowest BCUT2D eigenvalue weighted by atomic mass is 10.1. The smallest absolute Gasteiger partial charge is 0.265 e. The number of rotatable bonds is 7. The summed E-state index contributed by atoms with van der Waals surface area (Å²) in [4.78, 5) is 30.7. The lowest BCUT2D eigenvalue weighted by Crippen LogP contribution is -2.30. The van der Waals surface area contributed by atoms with Crippen molar-refractivity contribution >= 4 is 38.5 Å². The summed E-state index contributed by atoms with van der Waals surface area (Å²) in [5.74, 6) is -1.18. The second-order valence-electron chi connectivity index (χ2n) is 8.76. The van der Waals surface area contributed by atoms with Crippen molar-refractivity contribution in [1.82, 2.24) is 14.7 Å². The Hall–Kier alpha value is -4.84. The monoisotopic (exact) mass is 547 g/mol. The van der Waals surface area contributed by atoms with Crippen LogP contribution in [0.15, 0.2) is 87.1 Å². The van der Waals surface area contributed by atoms with Crippen LogP contribution in [0.3, 0.4) is 0 Å². The number of nitrogens with zero attached hydrogens (tertiary/aromatic N) is 3. The van der Waals surface area contributed by atoms with Gasteiger partial charge in [-0.25, -0.2) is 22.5 Å². The molecule has 39 heavy (non-hydrogen) atoms. The Kier molecular flexibility index (Phi) is 6.71. The highest BCUT2D eigenvalue weighted by Gasteiger charge is 2.21. The number of carbonyl (C=O) groups excluding carboxylic acids is 1. The Bertz CT molecular complexity index is 1880. The molecular weight excluding hydrogens is 525 g/mol. The van der Waals surface area contributed by atoms with E-state index in [1.807, 2.05) is 0 Å². The van der Waals surface area contributed by atoms with Crippen molar-refractivity contribution in [2.24, 2.45) is 0 Å². The van der Waals surface area contributed by atoms with Crippen molar-refractivity contribution in [1.29, 1.82) is 0 Å². The number of hydrogen-bond donors (Lipinski definition) is 2. The van der Waals surface area contributed by atoms with Gasteiger partial charge in [0.25, 0.3) is 21.5 Å². The summed E-state index contributed by atoms with van der Waals surface area (Å²) in [6.07, 6.45) is 1.51. The number of aryl methyl sites for hydroxylation is 1. The van der Waals surface area contributed by atoms with Crippen LogP contribution in [0.2, 0.25) is 0 Å². The topological polar surface area (TPSA) is 136 Å². The average Bonchev–Trinajstić information content (AvgIpc) is 3.23. The molecule has 2 N–H and O–H groups in total. The summed E-state index contributed by atoms with van der Waals surface area (Å²) in [6, 6.07) is 16.2. The molecule has 3 heterocycles. The number of carbonyl (C=O) groups is 1. The molecule has 5 aromatic rings. The average molecular weight is 548 g/mol. The van der Waals surface area contributed by atoms with Gasteiger partial charge in [-0.15, -0.1) is 0 Å². The van der Waals surface area contributed by atoms with Gasteiger partial charge < -0.3 is 9.84 Å². The third-order valence-electron chi connectivity index (χ3n) is 6.19. The summed E-state index contributed by atoms with van der Waals surface area (Å²) in [6.45, 7) is 3.24. The Morgan fingerprint density at radius 3 is 2.49 bits per heavy atom. The molecule has 0 unspecified atom stereocenters. The van der Waals surface area contributed by atoms with Crippen LogP contribution in [0.25, 0.3) is 11.0 Å². The lowest BCUT2D eigenvalue weighted by Gasteiger charge is -2.13. The van der Waals surface area contributed by atoms with Gasteiger partial charge >= 0.3 is 0 Å². The Labute approximate surface area is 222 Å². The summed E-state index contributed by atoms with van der Waals surface area (Å²) < 4.78 is 48.4. The highest BCUT2D eigenvalue weighted by molar-refractivity contribution is 7.92. The number of pyridine rings is 2. The molecule has 0 aliphatic heterocycles. The Morgan fingerprint density at radius 1 is 1.05 bits per heavy atom. The van der Waals surface area contributed by atoms with Gasteiger partial charge in [0.1, 0.15) is 17.0 Å². The van der Waals surface area contributed by atoms with Crippen LogP contribution in [0.5, 0.6) is 0 Å². The first-order chi connectivity index (χ1) is 18.6. The number of benzene rings is 2. The number of sulfonamides is 1. The van der Waals surface area contributed by atoms with E-state index >= 15 is 0 Å². The Morgan fingerprint density at radius 2 is 1.79 bits per heavy atom. The minimum Gasteiger partial charge on any atom is -0.337 e. The molecule has 10 nitrogen and oxygen atoms in total. The number of aromatic nitrogens is 3. The first-order valence-electron chi connectivity index (χ1n) is 11.7. The highest BCUT2D eigenvalue weighted by Crippen LogP contribution is 2.23. The number of anilines is 2. The van der Waals surface area contributed by atoms with Gasteiger partial charge in [-0.3, -0.25) is 14.2 Å². The van der Waals surface area contributed by atoms with Crippen molar-refractivity contribution in [3.8, 4) is 0 Å². The SMILES string of the molecule is Cc1noc(NS(=O)(=O)c2ccc(NC(=O)c3cc4cccnc4n(Cc4ccccc4F)c3=O)cc2)c1C. The summed E-state index contributed by atoms with van der Waals surface area (Å²) >= 11 is 0. The summed E-state index contributed by atoms with van der Waals surface area (Å²) in [7, 11) is -3.98. The zero-order valence-corrected chi connectivity index (χ0v) is 21.6. The molecular formula is C27H22FN5O5S. The van der Waals surface area contributed by atoms with E-state index in [0.717, 1.165) is 0 Å². The van der Waals surface area contributed by atoms with Crippen molar-refractivity contribution in [2.75, 3.05) is 10.0 Å². The van der Waals surface area contributed by atoms with E-state index in [0.29, 0.717) is 22.3 Å². The van der Waals surface area contributed by atoms with E-state index in [4.69, 9.17) is 4.52 Å². The fourth-order valence-electron chi connectivity index (χ4n) is 3.92. The molecule has 5 rings (SSSR count). The lowest BCUT2D eigenvalue weighted by molar-refractivity contribution is 0.102. The predicted molar refractivity (Wildman–Crippen MR) is 143 cm³/mol. The molecule has 198 valence electrons. The normalized spacial score (nSPS) is 11.5.